The van der Waals surface area contributed by atoms with Gasteiger partial charge in [0.25, 0.3) is 0 Å². The van der Waals surface area contributed by atoms with Crippen LogP contribution in [0.25, 0.3) is 0 Å². The van der Waals surface area contributed by atoms with Crippen LogP contribution in [0.3, 0.4) is 0 Å². The molecule has 1 amide bonds. The van der Waals surface area contributed by atoms with E-state index in [2.05, 4.69) is 5.32 Å². The largest absolute Gasteiger partial charge is 0.465 e. The number of amides is 1. The van der Waals surface area contributed by atoms with Crippen LogP contribution in [-0.4, -0.2) is 42.6 Å². The van der Waals surface area contributed by atoms with Crippen LogP contribution in [0.4, 0.5) is 0 Å². The highest BCUT2D eigenvalue weighted by molar-refractivity contribution is 8.00. The Balaban J connectivity index is 3.59. The molecule has 0 aliphatic carbocycles. The van der Waals surface area contributed by atoms with Gasteiger partial charge in [-0.1, -0.05) is 0 Å². The number of rotatable bonds is 8. The van der Waals surface area contributed by atoms with Gasteiger partial charge < -0.3 is 15.8 Å². The van der Waals surface area contributed by atoms with Crippen molar-refractivity contribution in [2.45, 2.75) is 19.4 Å². The maximum atomic E-state index is 11.2. The summed E-state index contributed by atoms with van der Waals surface area (Å²) in [6, 6.07) is 1.22. The maximum absolute atomic E-state index is 11.2. The first-order valence-electron chi connectivity index (χ1n) is 5.25. The van der Waals surface area contributed by atoms with E-state index in [1.165, 1.54) is 11.8 Å². The molecule has 7 heteroatoms. The van der Waals surface area contributed by atoms with Crippen molar-refractivity contribution < 1.29 is 14.3 Å². The van der Waals surface area contributed by atoms with Gasteiger partial charge >= 0.3 is 5.97 Å². The summed E-state index contributed by atoms with van der Waals surface area (Å²) < 4.78 is 4.73. The summed E-state index contributed by atoms with van der Waals surface area (Å²) in [4.78, 5) is 22.3. The van der Waals surface area contributed by atoms with E-state index in [1.54, 1.807) is 6.92 Å². The zero-order chi connectivity index (χ0) is 13.1. The quantitative estimate of drug-likeness (QED) is 0.455. The average molecular weight is 259 g/mol. The predicted molar refractivity (Wildman–Crippen MR) is 65.2 cm³/mol. The molecule has 96 valence electrons. The van der Waals surface area contributed by atoms with Crippen LogP contribution < -0.4 is 11.1 Å². The third-order valence-corrected chi connectivity index (χ3v) is 2.74. The standard InChI is InChI=1S/C10H17N3O3S/c1-2-16-10(15)8(12)6-17-7-9(14)13-5-3-4-11/h8H,2-3,5-7,12H2,1H3,(H,13,14). The summed E-state index contributed by atoms with van der Waals surface area (Å²) >= 11 is 1.26. The van der Waals surface area contributed by atoms with Gasteiger partial charge in [0, 0.05) is 12.3 Å². The monoisotopic (exact) mass is 259 g/mol. The van der Waals surface area contributed by atoms with Gasteiger partial charge in [-0.15, -0.1) is 11.8 Å². The van der Waals surface area contributed by atoms with E-state index in [9.17, 15) is 9.59 Å². The Labute approximate surface area is 105 Å². The molecule has 0 fully saturated rings. The van der Waals surface area contributed by atoms with Crippen LogP contribution in [-0.2, 0) is 14.3 Å². The number of thioether (sulfide) groups is 1. The normalized spacial score (nSPS) is 11.4. The summed E-state index contributed by atoms with van der Waals surface area (Å²) in [6.45, 7) is 2.35. The minimum Gasteiger partial charge on any atom is -0.465 e. The van der Waals surface area contributed by atoms with Crippen LogP contribution in [0.1, 0.15) is 13.3 Å². The first-order chi connectivity index (χ1) is 8.11. The molecule has 0 radical (unpaired) electrons. The highest BCUT2D eigenvalue weighted by atomic mass is 32.2. The summed E-state index contributed by atoms with van der Waals surface area (Å²) in [5, 5.41) is 10.8. The fourth-order valence-electron chi connectivity index (χ4n) is 0.905. The third-order valence-electron chi connectivity index (χ3n) is 1.68. The topological polar surface area (TPSA) is 105 Å². The summed E-state index contributed by atoms with van der Waals surface area (Å²) in [7, 11) is 0. The number of nitriles is 1. The fourth-order valence-corrected chi connectivity index (χ4v) is 1.70. The van der Waals surface area contributed by atoms with Crippen molar-refractivity contribution in [3.05, 3.63) is 0 Å². The van der Waals surface area contributed by atoms with Gasteiger partial charge in [-0.05, 0) is 6.92 Å². The molecule has 6 nitrogen and oxygen atoms in total. The van der Waals surface area contributed by atoms with Gasteiger partial charge in [-0.3, -0.25) is 9.59 Å². The molecule has 0 aromatic heterocycles. The van der Waals surface area contributed by atoms with E-state index in [0.29, 0.717) is 25.3 Å². The summed E-state index contributed by atoms with van der Waals surface area (Å²) in [5.74, 6) is -0.0607. The Bertz CT molecular complexity index is 291. The van der Waals surface area contributed by atoms with E-state index in [4.69, 9.17) is 15.7 Å². The lowest BCUT2D eigenvalue weighted by Crippen LogP contribution is -2.35. The van der Waals surface area contributed by atoms with Gasteiger partial charge in [-0.2, -0.15) is 5.26 Å². The third kappa shape index (κ3) is 8.54. The van der Waals surface area contributed by atoms with Crippen LogP contribution in [0, 0.1) is 11.3 Å². The van der Waals surface area contributed by atoms with Crippen molar-refractivity contribution in [3.8, 4) is 6.07 Å². The SMILES string of the molecule is CCOC(=O)C(N)CSCC(=O)NCCC#N. The molecular formula is C10H17N3O3S. The second kappa shape index (κ2) is 9.93. The van der Waals surface area contributed by atoms with E-state index in [1.807, 2.05) is 6.07 Å². The Morgan fingerprint density at radius 1 is 1.59 bits per heavy atom. The van der Waals surface area contributed by atoms with Crippen LogP contribution >= 0.6 is 11.8 Å². The van der Waals surface area contributed by atoms with Gasteiger partial charge in [0.15, 0.2) is 0 Å². The Morgan fingerprint density at radius 2 is 2.29 bits per heavy atom. The molecule has 0 rings (SSSR count). The minimum absolute atomic E-state index is 0.165. The maximum Gasteiger partial charge on any atom is 0.323 e. The molecule has 0 aliphatic heterocycles. The van der Waals surface area contributed by atoms with Crippen molar-refractivity contribution >= 4 is 23.6 Å². The molecule has 0 bridgehead atoms. The van der Waals surface area contributed by atoms with E-state index in [-0.39, 0.29) is 11.7 Å². The molecule has 0 aromatic rings. The van der Waals surface area contributed by atoms with Crippen molar-refractivity contribution in [1.82, 2.24) is 5.32 Å². The summed E-state index contributed by atoms with van der Waals surface area (Å²) in [6.07, 6.45) is 0.290. The number of esters is 1. The number of nitrogens with two attached hydrogens (primary N) is 1. The molecule has 0 spiro atoms. The number of hydrogen-bond donors (Lipinski definition) is 2. The smallest absolute Gasteiger partial charge is 0.323 e. The van der Waals surface area contributed by atoms with Gasteiger partial charge in [0.2, 0.25) is 5.91 Å². The molecule has 0 heterocycles. The fraction of sp³-hybridized carbons (Fsp3) is 0.700. The number of carbonyl (C=O) groups excluding carboxylic acids is 2. The molecule has 0 aliphatic rings. The Morgan fingerprint density at radius 3 is 2.88 bits per heavy atom. The number of carbonyl (C=O) groups is 2. The van der Waals surface area contributed by atoms with Crippen LogP contribution in [0.15, 0.2) is 0 Å². The number of hydrogen-bond acceptors (Lipinski definition) is 6. The molecule has 0 saturated heterocycles. The first kappa shape index (κ1) is 15.7. The highest BCUT2D eigenvalue weighted by Gasteiger charge is 2.14. The number of ether oxygens (including phenoxy) is 1. The molecule has 1 atom stereocenters. The van der Waals surface area contributed by atoms with Crippen molar-refractivity contribution in [1.29, 1.82) is 5.26 Å². The van der Waals surface area contributed by atoms with Crippen LogP contribution in [0.5, 0.6) is 0 Å². The van der Waals surface area contributed by atoms with Gasteiger partial charge in [-0.25, -0.2) is 0 Å². The molecule has 0 saturated carbocycles. The first-order valence-corrected chi connectivity index (χ1v) is 6.40. The predicted octanol–water partition coefficient (Wildman–Crippen LogP) is -0.360. The van der Waals surface area contributed by atoms with Crippen LogP contribution in [0.2, 0.25) is 0 Å². The zero-order valence-electron chi connectivity index (χ0n) is 9.77. The molecule has 1 unspecified atom stereocenters. The lowest BCUT2D eigenvalue weighted by atomic mass is 10.4. The van der Waals surface area contributed by atoms with E-state index in [0.717, 1.165) is 0 Å². The highest BCUT2D eigenvalue weighted by Crippen LogP contribution is 2.02. The van der Waals surface area contributed by atoms with E-state index >= 15 is 0 Å². The average Bonchev–Trinajstić information content (AvgIpc) is 2.29. The molecule has 17 heavy (non-hydrogen) atoms. The second-order valence-electron chi connectivity index (χ2n) is 3.13. The number of nitrogens with one attached hydrogen (secondary N) is 1. The van der Waals surface area contributed by atoms with E-state index < -0.39 is 12.0 Å². The lowest BCUT2D eigenvalue weighted by molar-refractivity contribution is -0.144. The van der Waals surface area contributed by atoms with Gasteiger partial charge in [0.1, 0.15) is 6.04 Å². The molecular weight excluding hydrogens is 242 g/mol. The molecule has 0 aromatic carbocycles. The van der Waals surface area contributed by atoms with Crippen molar-refractivity contribution in [3.63, 3.8) is 0 Å². The number of nitrogens with zero attached hydrogens (tertiary/aromatic N) is 1. The van der Waals surface area contributed by atoms with Crippen molar-refractivity contribution in [2.75, 3.05) is 24.7 Å². The molecule has 3 N–H and O–H groups in total. The van der Waals surface area contributed by atoms with Gasteiger partial charge in [0.05, 0.1) is 24.8 Å². The lowest BCUT2D eigenvalue weighted by Gasteiger charge is -2.09. The Kier molecular flexibility index (Phi) is 9.19. The second-order valence-corrected chi connectivity index (χ2v) is 4.16. The Hall–Kier alpha value is -1.26. The summed E-state index contributed by atoms with van der Waals surface area (Å²) in [5.41, 5.74) is 5.54. The minimum atomic E-state index is -0.702. The zero-order valence-corrected chi connectivity index (χ0v) is 10.6. The van der Waals surface area contributed by atoms with Crippen molar-refractivity contribution in [2.24, 2.45) is 5.73 Å².